The van der Waals surface area contributed by atoms with Gasteiger partial charge in [0.25, 0.3) is 0 Å². The number of furan rings is 1. The van der Waals surface area contributed by atoms with Crippen LogP contribution in [0.15, 0.2) is 46.9 Å². The van der Waals surface area contributed by atoms with E-state index in [4.69, 9.17) is 21.9 Å². The molecule has 1 aromatic heterocycles. The van der Waals surface area contributed by atoms with E-state index in [1.807, 2.05) is 25.1 Å². The number of nitrogens with two attached hydrogens (primary N) is 1. The smallest absolute Gasteiger partial charge is 0.134 e. The van der Waals surface area contributed by atoms with Crippen LogP contribution in [-0.2, 0) is 0 Å². The molecule has 0 amide bonds. The van der Waals surface area contributed by atoms with Crippen LogP contribution in [0.25, 0.3) is 11.0 Å². The molecule has 3 N–H and O–H groups in total. The molecule has 3 aromatic rings. The molecule has 0 aliphatic rings. The van der Waals surface area contributed by atoms with Crippen LogP contribution >= 0.6 is 11.6 Å². The first kappa shape index (κ1) is 14.1. The Morgan fingerprint density at radius 2 is 2.00 bits per heavy atom. The van der Waals surface area contributed by atoms with Gasteiger partial charge in [-0.05, 0) is 54.4 Å². The molecule has 1 heterocycles. The molecule has 3 rings (SSSR count). The molecule has 5 heteroatoms. The van der Waals surface area contributed by atoms with E-state index in [2.05, 4.69) is 5.43 Å². The first-order valence-electron chi connectivity index (χ1n) is 6.49. The van der Waals surface area contributed by atoms with E-state index in [9.17, 15) is 4.39 Å². The van der Waals surface area contributed by atoms with Gasteiger partial charge >= 0.3 is 0 Å². The van der Waals surface area contributed by atoms with Crippen molar-refractivity contribution in [3.8, 4) is 0 Å². The van der Waals surface area contributed by atoms with Crippen molar-refractivity contribution in [2.75, 3.05) is 0 Å². The number of nitrogens with one attached hydrogen (secondary N) is 1. The fourth-order valence-corrected chi connectivity index (χ4v) is 2.63. The Morgan fingerprint density at radius 1 is 1.19 bits per heavy atom. The maximum Gasteiger partial charge on any atom is 0.134 e. The summed E-state index contributed by atoms with van der Waals surface area (Å²) in [6.45, 7) is 1.83. The summed E-state index contributed by atoms with van der Waals surface area (Å²) >= 11 is 5.97. The number of hydrogen-bond acceptors (Lipinski definition) is 3. The monoisotopic (exact) mass is 304 g/mol. The lowest BCUT2D eigenvalue weighted by atomic mass is 10.0. The first-order valence-corrected chi connectivity index (χ1v) is 6.87. The maximum atomic E-state index is 13.6. The average Bonchev–Trinajstić information content (AvgIpc) is 2.81. The van der Waals surface area contributed by atoms with Gasteiger partial charge in [-0.15, -0.1) is 0 Å². The number of hydrazine groups is 1. The predicted octanol–water partition coefficient (Wildman–Crippen LogP) is 4.09. The fraction of sp³-hybridized carbons (Fsp3) is 0.125. The number of aryl methyl sites for hydroxylation is 1. The Bertz CT molecular complexity index is 780. The zero-order valence-corrected chi connectivity index (χ0v) is 12.1. The van der Waals surface area contributed by atoms with Crippen LogP contribution < -0.4 is 11.3 Å². The average molecular weight is 305 g/mol. The molecule has 3 nitrogen and oxygen atoms in total. The summed E-state index contributed by atoms with van der Waals surface area (Å²) < 4.78 is 19.4. The van der Waals surface area contributed by atoms with Gasteiger partial charge in [0, 0.05) is 10.4 Å². The van der Waals surface area contributed by atoms with Gasteiger partial charge in [-0.1, -0.05) is 17.7 Å². The third-order valence-electron chi connectivity index (χ3n) is 3.35. The topological polar surface area (TPSA) is 51.2 Å². The highest BCUT2D eigenvalue weighted by molar-refractivity contribution is 6.31. The fourth-order valence-electron chi connectivity index (χ4n) is 2.45. The highest BCUT2D eigenvalue weighted by Crippen LogP contribution is 2.30. The van der Waals surface area contributed by atoms with Gasteiger partial charge in [-0.25, -0.2) is 9.82 Å². The van der Waals surface area contributed by atoms with Crippen LogP contribution in [0.2, 0.25) is 5.02 Å². The normalized spacial score (nSPS) is 12.8. The van der Waals surface area contributed by atoms with Gasteiger partial charge in [-0.3, -0.25) is 5.84 Å². The van der Waals surface area contributed by atoms with Gasteiger partial charge in [0.1, 0.15) is 23.2 Å². The number of fused-ring (bicyclic) bond motifs is 1. The molecule has 0 radical (unpaired) electrons. The number of rotatable bonds is 3. The van der Waals surface area contributed by atoms with E-state index in [1.54, 1.807) is 12.1 Å². The van der Waals surface area contributed by atoms with Crippen LogP contribution in [0.1, 0.15) is 22.9 Å². The molecule has 0 saturated carbocycles. The van der Waals surface area contributed by atoms with Crippen LogP contribution in [0.3, 0.4) is 0 Å². The molecule has 1 unspecified atom stereocenters. The molecule has 21 heavy (non-hydrogen) atoms. The lowest BCUT2D eigenvalue weighted by molar-refractivity contribution is 0.475. The Balaban J connectivity index is 2.08. The van der Waals surface area contributed by atoms with E-state index in [-0.39, 0.29) is 5.82 Å². The molecule has 0 saturated heterocycles. The molecule has 0 fully saturated rings. The third-order valence-corrected chi connectivity index (χ3v) is 3.58. The second-order valence-electron chi connectivity index (χ2n) is 4.99. The molecular weight excluding hydrogens is 291 g/mol. The highest BCUT2D eigenvalue weighted by Gasteiger charge is 2.18. The van der Waals surface area contributed by atoms with Crippen molar-refractivity contribution >= 4 is 22.6 Å². The Kier molecular flexibility index (Phi) is 3.68. The maximum absolute atomic E-state index is 13.6. The number of benzene rings is 2. The summed E-state index contributed by atoms with van der Waals surface area (Å²) in [7, 11) is 0. The Morgan fingerprint density at radius 3 is 2.71 bits per heavy atom. The summed E-state index contributed by atoms with van der Waals surface area (Å²) in [5.41, 5.74) is 4.91. The van der Waals surface area contributed by atoms with E-state index in [0.717, 1.165) is 10.9 Å². The van der Waals surface area contributed by atoms with Gasteiger partial charge in [0.2, 0.25) is 0 Å². The lowest BCUT2D eigenvalue weighted by Gasteiger charge is -2.14. The van der Waals surface area contributed by atoms with Crippen molar-refractivity contribution in [2.45, 2.75) is 13.0 Å². The Labute approximate surface area is 126 Å². The third kappa shape index (κ3) is 2.78. The van der Waals surface area contributed by atoms with E-state index >= 15 is 0 Å². The van der Waals surface area contributed by atoms with Gasteiger partial charge in [-0.2, -0.15) is 0 Å². The van der Waals surface area contributed by atoms with Crippen molar-refractivity contribution in [3.05, 3.63) is 70.2 Å². The lowest BCUT2D eigenvalue weighted by Crippen LogP contribution is -2.28. The minimum atomic E-state index is -0.425. The summed E-state index contributed by atoms with van der Waals surface area (Å²) in [6.07, 6.45) is 0. The largest absolute Gasteiger partial charge is 0.459 e. The minimum absolute atomic E-state index is 0.301. The van der Waals surface area contributed by atoms with Gasteiger partial charge in [0.05, 0.1) is 0 Å². The molecule has 108 valence electrons. The zero-order chi connectivity index (χ0) is 15.0. The van der Waals surface area contributed by atoms with Crippen LogP contribution in [0.5, 0.6) is 0 Å². The number of halogens is 2. The van der Waals surface area contributed by atoms with Crippen molar-refractivity contribution in [1.82, 2.24) is 5.43 Å². The van der Waals surface area contributed by atoms with E-state index in [1.165, 1.54) is 12.1 Å². The van der Waals surface area contributed by atoms with Crippen LogP contribution in [-0.4, -0.2) is 0 Å². The number of hydrogen-bond donors (Lipinski definition) is 2. The van der Waals surface area contributed by atoms with Crippen molar-refractivity contribution in [1.29, 1.82) is 0 Å². The standard InChI is InChI=1S/C16H14ClFN2O/c1-9-4-11(7-13(18)5-9)16(20-19)15-8-10-6-12(17)2-3-14(10)21-15/h2-8,16,20H,19H2,1H3. The van der Waals surface area contributed by atoms with Crippen molar-refractivity contribution < 1.29 is 8.81 Å². The van der Waals surface area contributed by atoms with Gasteiger partial charge < -0.3 is 4.42 Å². The van der Waals surface area contributed by atoms with Crippen LogP contribution in [0.4, 0.5) is 4.39 Å². The Hall–Kier alpha value is -1.88. The molecule has 0 spiro atoms. The van der Waals surface area contributed by atoms with Crippen molar-refractivity contribution in [2.24, 2.45) is 5.84 Å². The quantitative estimate of drug-likeness (QED) is 0.566. The molecule has 0 aliphatic carbocycles. The SMILES string of the molecule is Cc1cc(F)cc(C(NN)c2cc3cc(Cl)ccc3o2)c1. The molecular formula is C16H14ClFN2O. The zero-order valence-electron chi connectivity index (χ0n) is 11.4. The van der Waals surface area contributed by atoms with E-state index in [0.29, 0.717) is 21.9 Å². The molecule has 2 aromatic carbocycles. The second-order valence-corrected chi connectivity index (χ2v) is 5.43. The van der Waals surface area contributed by atoms with Crippen molar-refractivity contribution in [3.63, 3.8) is 0 Å². The first-order chi connectivity index (χ1) is 10.1. The summed E-state index contributed by atoms with van der Waals surface area (Å²) in [5.74, 6) is 5.94. The molecule has 0 aliphatic heterocycles. The summed E-state index contributed by atoms with van der Waals surface area (Å²) in [6, 6.07) is 11.6. The second kappa shape index (κ2) is 5.48. The minimum Gasteiger partial charge on any atom is -0.459 e. The predicted molar refractivity (Wildman–Crippen MR) is 81.5 cm³/mol. The van der Waals surface area contributed by atoms with Crippen LogP contribution in [0, 0.1) is 12.7 Å². The molecule has 0 bridgehead atoms. The highest BCUT2D eigenvalue weighted by atomic mass is 35.5. The molecule has 1 atom stereocenters. The summed E-state index contributed by atoms with van der Waals surface area (Å²) in [4.78, 5) is 0. The summed E-state index contributed by atoms with van der Waals surface area (Å²) in [5, 5.41) is 1.51. The van der Waals surface area contributed by atoms with E-state index < -0.39 is 6.04 Å². The van der Waals surface area contributed by atoms with Gasteiger partial charge in [0.15, 0.2) is 0 Å².